The Kier molecular flexibility index (Phi) is 8.70. The number of nitro groups is 1. The Hall–Kier alpha value is -3.02. The Bertz CT molecular complexity index is 1330. The van der Waals surface area contributed by atoms with Gasteiger partial charge in [0.25, 0.3) is 17.2 Å². The Morgan fingerprint density at radius 2 is 2.00 bits per heavy atom. The number of aryl methyl sites for hydroxylation is 1. The van der Waals surface area contributed by atoms with Gasteiger partial charge in [-0.3, -0.25) is 19.7 Å². The molecule has 1 heterocycles. The topological polar surface area (TPSA) is 128 Å². The second-order valence-corrected chi connectivity index (χ2v) is 10.8. The molecule has 1 amide bonds. The van der Waals surface area contributed by atoms with Crippen molar-refractivity contribution >= 4 is 41.7 Å². The van der Waals surface area contributed by atoms with Crippen LogP contribution in [0, 0.1) is 17.0 Å². The zero-order valence-corrected chi connectivity index (χ0v) is 22.2. The summed E-state index contributed by atoms with van der Waals surface area (Å²) in [5.74, 6) is 0.818. The highest BCUT2D eigenvalue weighted by molar-refractivity contribution is 7.98. The third-order valence-corrected chi connectivity index (χ3v) is 6.81. The fourth-order valence-corrected chi connectivity index (χ4v) is 4.81. The van der Waals surface area contributed by atoms with E-state index in [4.69, 9.17) is 4.52 Å². The molecule has 0 saturated carbocycles. The van der Waals surface area contributed by atoms with Crippen molar-refractivity contribution in [3.05, 3.63) is 85.4 Å². The minimum Gasteiger partial charge on any atom is -0.391 e. The molecule has 192 valence electrons. The molecule has 0 aliphatic heterocycles. The van der Waals surface area contributed by atoms with E-state index in [0.717, 1.165) is 16.4 Å². The number of nitrogens with zero attached hydrogens (tertiary/aromatic N) is 2. The lowest BCUT2D eigenvalue weighted by molar-refractivity contribution is -0.384. The Labute approximate surface area is 218 Å². The van der Waals surface area contributed by atoms with Gasteiger partial charge in [-0.1, -0.05) is 32.9 Å². The number of aromatic nitrogens is 1. The first kappa shape index (κ1) is 27.6. The van der Waals surface area contributed by atoms with Gasteiger partial charge in [-0.15, -0.1) is 4.74 Å². The largest absolute Gasteiger partial charge is 0.391 e. The quantitative estimate of drug-likeness (QED) is 0.207. The van der Waals surface area contributed by atoms with Gasteiger partial charge >= 0.3 is 0 Å². The smallest absolute Gasteiger partial charge is 0.297 e. The molecule has 0 saturated heterocycles. The highest BCUT2D eigenvalue weighted by atomic mass is 32.2. The maximum absolute atomic E-state index is 13.3. The maximum Gasteiger partial charge on any atom is 0.297 e. The van der Waals surface area contributed by atoms with Gasteiger partial charge in [-0.05, 0) is 36.8 Å². The average Bonchev–Trinajstić information content (AvgIpc) is 3.15. The standard InChI is InChI=1S/C25H29N3O6S2/c1-15-6-5-7-17(10-15)26-23(30)16-8-9-20(21(11-16)28(32)33)27-24(31)19(14-36-13-18(29)12-35)22(34-27)25(2,3)4/h5-11,18,29,35H,12-14H2,1-4H3,(H,26,30). The van der Waals surface area contributed by atoms with Crippen LogP contribution < -0.4 is 10.9 Å². The molecule has 2 aromatic carbocycles. The van der Waals surface area contributed by atoms with Crippen LogP contribution in [0.4, 0.5) is 11.4 Å². The summed E-state index contributed by atoms with van der Waals surface area (Å²) in [5, 5.41) is 24.4. The number of hydrogen-bond donors (Lipinski definition) is 3. The van der Waals surface area contributed by atoms with E-state index in [1.807, 2.05) is 33.8 Å². The summed E-state index contributed by atoms with van der Waals surface area (Å²) in [6, 6.07) is 11.1. The fraction of sp³-hybridized carbons (Fsp3) is 0.360. The molecule has 11 heteroatoms. The summed E-state index contributed by atoms with van der Waals surface area (Å²) in [6.45, 7) is 7.51. The van der Waals surface area contributed by atoms with E-state index >= 15 is 0 Å². The number of nitro benzene ring substituents is 1. The van der Waals surface area contributed by atoms with E-state index in [0.29, 0.717) is 28.5 Å². The first-order valence-corrected chi connectivity index (χ1v) is 13.0. The predicted molar refractivity (Wildman–Crippen MR) is 145 cm³/mol. The molecule has 0 radical (unpaired) electrons. The van der Waals surface area contributed by atoms with Crippen LogP contribution in [0.5, 0.6) is 0 Å². The van der Waals surface area contributed by atoms with Crippen LogP contribution in [0.2, 0.25) is 0 Å². The zero-order valence-electron chi connectivity index (χ0n) is 20.5. The van der Waals surface area contributed by atoms with Crippen LogP contribution >= 0.6 is 24.4 Å². The Morgan fingerprint density at radius 3 is 2.61 bits per heavy atom. The van der Waals surface area contributed by atoms with Gasteiger partial charge in [0.15, 0.2) is 5.69 Å². The molecule has 1 unspecified atom stereocenters. The van der Waals surface area contributed by atoms with Gasteiger partial charge in [-0.2, -0.15) is 24.4 Å². The summed E-state index contributed by atoms with van der Waals surface area (Å²) in [7, 11) is 0. The number of carbonyl (C=O) groups is 1. The first-order valence-electron chi connectivity index (χ1n) is 11.2. The maximum atomic E-state index is 13.3. The lowest BCUT2D eigenvalue weighted by Crippen LogP contribution is -2.19. The van der Waals surface area contributed by atoms with Crippen molar-refractivity contribution in [2.75, 3.05) is 16.8 Å². The molecule has 9 nitrogen and oxygen atoms in total. The molecule has 1 atom stereocenters. The van der Waals surface area contributed by atoms with Gasteiger partial charge in [0.1, 0.15) is 5.76 Å². The van der Waals surface area contributed by atoms with Crippen molar-refractivity contribution < 1.29 is 19.3 Å². The molecule has 1 aromatic heterocycles. The van der Waals surface area contributed by atoms with Crippen molar-refractivity contribution in [2.24, 2.45) is 0 Å². The lowest BCUT2D eigenvalue weighted by Gasteiger charge is -2.16. The summed E-state index contributed by atoms with van der Waals surface area (Å²) in [4.78, 5) is 37.4. The molecule has 0 fully saturated rings. The van der Waals surface area contributed by atoms with Crippen molar-refractivity contribution in [2.45, 2.75) is 45.0 Å². The van der Waals surface area contributed by atoms with Crippen LogP contribution in [-0.2, 0) is 11.2 Å². The van der Waals surface area contributed by atoms with E-state index in [1.165, 1.54) is 23.9 Å². The van der Waals surface area contributed by atoms with Crippen molar-refractivity contribution in [1.29, 1.82) is 0 Å². The molecule has 0 bridgehead atoms. The number of thiol groups is 1. The van der Waals surface area contributed by atoms with Crippen LogP contribution in [-0.4, -0.2) is 38.3 Å². The summed E-state index contributed by atoms with van der Waals surface area (Å²) >= 11 is 5.41. The van der Waals surface area contributed by atoms with Gasteiger partial charge < -0.3 is 14.9 Å². The molecule has 0 aliphatic rings. The van der Waals surface area contributed by atoms with Crippen molar-refractivity contribution in [1.82, 2.24) is 4.74 Å². The number of aliphatic hydroxyl groups excluding tert-OH is 1. The minimum absolute atomic E-state index is 0.0686. The van der Waals surface area contributed by atoms with Crippen LogP contribution in [0.15, 0.2) is 51.8 Å². The number of aliphatic hydroxyl groups is 1. The number of benzene rings is 2. The van der Waals surface area contributed by atoms with Crippen LogP contribution in [0.1, 0.15) is 48.0 Å². The van der Waals surface area contributed by atoms with Gasteiger partial charge in [0, 0.05) is 40.0 Å². The van der Waals surface area contributed by atoms with Gasteiger partial charge in [0.05, 0.1) is 16.6 Å². The first-order chi connectivity index (χ1) is 16.9. The Balaban J connectivity index is 2.00. The number of anilines is 1. The van der Waals surface area contributed by atoms with Gasteiger partial charge in [-0.25, -0.2) is 0 Å². The third kappa shape index (κ3) is 6.40. The average molecular weight is 532 g/mol. The molecule has 2 N–H and O–H groups in total. The van der Waals surface area contributed by atoms with Crippen molar-refractivity contribution in [3.63, 3.8) is 0 Å². The zero-order chi connectivity index (χ0) is 26.6. The highest BCUT2D eigenvalue weighted by Crippen LogP contribution is 2.31. The molecular weight excluding hydrogens is 502 g/mol. The van der Waals surface area contributed by atoms with Crippen LogP contribution in [0.3, 0.4) is 0 Å². The lowest BCUT2D eigenvalue weighted by atomic mass is 9.91. The number of amides is 1. The summed E-state index contributed by atoms with van der Waals surface area (Å²) in [6.07, 6.45) is -0.620. The molecule has 36 heavy (non-hydrogen) atoms. The van der Waals surface area contributed by atoms with E-state index in [2.05, 4.69) is 17.9 Å². The minimum atomic E-state index is -0.651. The summed E-state index contributed by atoms with van der Waals surface area (Å²) in [5.41, 5.74) is 0.373. The van der Waals surface area contributed by atoms with E-state index in [9.17, 15) is 24.8 Å². The SMILES string of the molecule is Cc1cccc(NC(=O)c2ccc(-n3oc(C(C)(C)C)c(CSCC(O)CS)c3=O)c([N+](=O)[O-])c2)c1. The second kappa shape index (κ2) is 11.4. The number of carbonyl (C=O) groups excluding carboxylic acids is 1. The number of rotatable bonds is 9. The third-order valence-electron chi connectivity index (χ3n) is 5.28. The number of hydrogen-bond acceptors (Lipinski definition) is 8. The normalized spacial score (nSPS) is 12.4. The van der Waals surface area contributed by atoms with Crippen LogP contribution in [0.25, 0.3) is 5.69 Å². The molecule has 3 aromatic rings. The number of nitrogens with one attached hydrogen (secondary N) is 1. The molecule has 0 spiro atoms. The molecular formula is C25H29N3O6S2. The van der Waals surface area contributed by atoms with Crippen molar-refractivity contribution in [3.8, 4) is 5.69 Å². The summed E-state index contributed by atoms with van der Waals surface area (Å²) < 4.78 is 6.80. The molecule has 3 rings (SSSR count). The van der Waals surface area contributed by atoms with E-state index < -0.39 is 33.6 Å². The predicted octanol–water partition coefficient (Wildman–Crippen LogP) is 4.72. The van der Waals surface area contributed by atoms with E-state index in [-0.39, 0.29) is 17.0 Å². The monoisotopic (exact) mass is 531 g/mol. The van der Waals surface area contributed by atoms with E-state index in [1.54, 1.807) is 18.2 Å². The Morgan fingerprint density at radius 1 is 1.28 bits per heavy atom. The van der Waals surface area contributed by atoms with Gasteiger partial charge in [0.2, 0.25) is 0 Å². The molecule has 0 aliphatic carbocycles. The fourth-order valence-electron chi connectivity index (χ4n) is 3.54. The second-order valence-electron chi connectivity index (χ2n) is 9.38. The highest BCUT2D eigenvalue weighted by Gasteiger charge is 2.30. The number of thioether (sulfide) groups is 1.